The fraction of sp³-hybridized carbons (Fsp3) is 0.273. The van der Waals surface area contributed by atoms with Gasteiger partial charge in [0.15, 0.2) is 5.16 Å². The Labute approximate surface area is 190 Å². The van der Waals surface area contributed by atoms with Crippen LogP contribution < -0.4 is 10.2 Å². The van der Waals surface area contributed by atoms with Crippen LogP contribution in [0.15, 0.2) is 47.6 Å². The Bertz CT molecular complexity index is 1130. The fourth-order valence-corrected chi connectivity index (χ4v) is 4.35. The molecule has 0 bridgehead atoms. The summed E-state index contributed by atoms with van der Waals surface area (Å²) in [5.74, 6) is 0.678. The lowest BCUT2D eigenvalue weighted by Crippen LogP contribution is -2.22. The van der Waals surface area contributed by atoms with Crippen molar-refractivity contribution in [2.24, 2.45) is 0 Å². The second-order valence-electron chi connectivity index (χ2n) is 7.29. The number of anilines is 2. The summed E-state index contributed by atoms with van der Waals surface area (Å²) < 4.78 is 2.00. The molecule has 1 aliphatic rings. The zero-order chi connectivity index (χ0) is 21.8. The van der Waals surface area contributed by atoms with Gasteiger partial charge in [-0.05, 0) is 50.1 Å². The summed E-state index contributed by atoms with van der Waals surface area (Å²) in [5.41, 5.74) is 2.89. The molecule has 1 amide bonds. The number of carbonyl (C=O) groups excluding carboxylic acids is 1. The van der Waals surface area contributed by atoms with Crippen LogP contribution in [0.4, 0.5) is 11.6 Å². The zero-order valence-corrected chi connectivity index (χ0v) is 18.6. The second-order valence-corrected chi connectivity index (χ2v) is 8.67. The maximum atomic E-state index is 12.6. The molecule has 7 nitrogen and oxygen atoms in total. The number of halogens is 1. The molecular formula is C22H21ClN6OS. The predicted molar refractivity (Wildman–Crippen MR) is 123 cm³/mol. The van der Waals surface area contributed by atoms with E-state index in [2.05, 4.69) is 26.5 Å². The highest BCUT2D eigenvalue weighted by molar-refractivity contribution is 7.99. The standard InChI is InChI=1S/C22H21ClN6OS/c1-15-4-8-18(9-5-15)29-21(28-10-2-3-11-28)26-27-22(29)31-14-20(30)25-19-12-17(23)7-6-16(19)13-24/h4-9,12H,2-3,10-11,14H2,1H3,(H,25,30). The van der Waals surface area contributed by atoms with Crippen LogP contribution in [0.25, 0.3) is 5.69 Å². The van der Waals surface area contributed by atoms with E-state index in [0.717, 1.165) is 37.6 Å². The van der Waals surface area contributed by atoms with Crippen LogP contribution in [0.5, 0.6) is 0 Å². The van der Waals surface area contributed by atoms with Crippen LogP contribution in [0.1, 0.15) is 24.0 Å². The quantitative estimate of drug-likeness (QED) is 0.556. The highest BCUT2D eigenvalue weighted by Crippen LogP contribution is 2.29. The van der Waals surface area contributed by atoms with Crippen molar-refractivity contribution >= 4 is 40.9 Å². The first kappa shape index (κ1) is 21.2. The lowest BCUT2D eigenvalue weighted by atomic mass is 10.2. The summed E-state index contributed by atoms with van der Waals surface area (Å²) in [4.78, 5) is 14.8. The zero-order valence-electron chi connectivity index (χ0n) is 17.0. The molecule has 1 aromatic heterocycles. The molecular weight excluding hydrogens is 432 g/mol. The molecule has 0 atom stereocenters. The van der Waals surface area contributed by atoms with Gasteiger partial charge in [-0.2, -0.15) is 5.26 Å². The van der Waals surface area contributed by atoms with Gasteiger partial charge in [0.25, 0.3) is 0 Å². The average Bonchev–Trinajstić information content (AvgIpc) is 3.43. The van der Waals surface area contributed by atoms with Crippen LogP contribution >= 0.6 is 23.4 Å². The first-order valence-electron chi connectivity index (χ1n) is 9.95. The SMILES string of the molecule is Cc1ccc(-n2c(SCC(=O)Nc3cc(Cl)ccc3C#N)nnc2N2CCCC2)cc1. The summed E-state index contributed by atoms with van der Waals surface area (Å²) in [5, 5.41) is 21.9. The molecule has 1 saturated heterocycles. The maximum Gasteiger partial charge on any atom is 0.234 e. The number of benzene rings is 2. The maximum absolute atomic E-state index is 12.6. The number of carbonyl (C=O) groups is 1. The number of nitrogens with zero attached hydrogens (tertiary/aromatic N) is 5. The molecule has 0 unspecified atom stereocenters. The largest absolute Gasteiger partial charge is 0.341 e. The van der Waals surface area contributed by atoms with E-state index in [9.17, 15) is 10.1 Å². The van der Waals surface area contributed by atoms with Crippen molar-refractivity contribution in [2.75, 3.05) is 29.1 Å². The van der Waals surface area contributed by atoms with Crippen molar-refractivity contribution in [1.82, 2.24) is 14.8 Å². The minimum Gasteiger partial charge on any atom is -0.341 e. The smallest absolute Gasteiger partial charge is 0.234 e. The normalized spacial score (nSPS) is 13.3. The van der Waals surface area contributed by atoms with Crippen molar-refractivity contribution in [3.8, 4) is 11.8 Å². The van der Waals surface area contributed by atoms with Gasteiger partial charge >= 0.3 is 0 Å². The predicted octanol–water partition coefficient (Wildman–Crippen LogP) is 4.43. The van der Waals surface area contributed by atoms with Gasteiger partial charge in [0.2, 0.25) is 11.9 Å². The van der Waals surface area contributed by atoms with Crippen LogP contribution in [0, 0.1) is 18.3 Å². The van der Waals surface area contributed by atoms with Crippen molar-refractivity contribution in [2.45, 2.75) is 24.9 Å². The molecule has 158 valence electrons. The van der Waals surface area contributed by atoms with Gasteiger partial charge in [-0.15, -0.1) is 10.2 Å². The van der Waals surface area contributed by atoms with Gasteiger partial charge in [-0.3, -0.25) is 9.36 Å². The Morgan fingerprint density at radius 3 is 2.65 bits per heavy atom. The molecule has 9 heteroatoms. The third-order valence-corrected chi connectivity index (χ3v) is 6.17. The molecule has 2 aromatic carbocycles. The third-order valence-electron chi connectivity index (χ3n) is 5.01. The van der Waals surface area contributed by atoms with Crippen LogP contribution in [-0.2, 0) is 4.79 Å². The molecule has 31 heavy (non-hydrogen) atoms. The van der Waals surface area contributed by atoms with Gasteiger partial charge < -0.3 is 10.2 Å². The van der Waals surface area contributed by atoms with E-state index >= 15 is 0 Å². The Morgan fingerprint density at radius 1 is 1.19 bits per heavy atom. The third kappa shape index (κ3) is 4.84. The van der Waals surface area contributed by atoms with Crippen LogP contribution in [-0.4, -0.2) is 39.5 Å². The number of amides is 1. The van der Waals surface area contributed by atoms with E-state index in [4.69, 9.17) is 11.6 Å². The lowest BCUT2D eigenvalue weighted by Gasteiger charge is -2.18. The number of hydrogen-bond acceptors (Lipinski definition) is 6. The monoisotopic (exact) mass is 452 g/mol. The summed E-state index contributed by atoms with van der Waals surface area (Å²) >= 11 is 7.31. The Hall–Kier alpha value is -3.02. The van der Waals surface area contributed by atoms with Crippen molar-refractivity contribution < 1.29 is 4.79 Å². The number of rotatable bonds is 6. The molecule has 1 fully saturated rings. The van der Waals surface area contributed by atoms with E-state index in [0.29, 0.717) is 21.4 Å². The van der Waals surface area contributed by atoms with Crippen LogP contribution in [0.3, 0.4) is 0 Å². The van der Waals surface area contributed by atoms with Crippen molar-refractivity contribution in [3.63, 3.8) is 0 Å². The van der Waals surface area contributed by atoms with E-state index in [1.165, 1.54) is 17.3 Å². The minimum absolute atomic E-state index is 0.126. The first-order valence-corrected chi connectivity index (χ1v) is 11.3. The second kappa shape index (κ2) is 9.41. The van der Waals surface area contributed by atoms with Gasteiger partial charge in [0, 0.05) is 18.1 Å². The summed E-state index contributed by atoms with van der Waals surface area (Å²) in [7, 11) is 0. The van der Waals surface area contributed by atoms with E-state index in [1.54, 1.807) is 18.2 Å². The molecule has 0 saturated carbocycles. The lowest BCUT2D eigenvalue weighted by molar-refractivity contribution is -0.113. The van der Waals surface area contributed by atoms with E-state index < -0.39 is 0 Å². The van der Waals surface area contributed by atoms with Gasteiger partial charge in [-0.25, -0.2) is 0 Å². The highest BCUT2D eigenvalue weighted by atomic mass is 35.5. The number of aromatic nitrogens is 3. The first-order chi connectivity index (χ1) is 15.0. The molecule has 4 rings (SSSR count). The van der Waals surface area contributed by atoms with Crippen LogP contribution in [0.2, 0.25) is 5.02 Å². The van der Waals surface area contributed by atoms with Crippen molar-refractivity contribution in [1.29, 1.82) is 5.26 Å². The number of hydrogen-bond donors (Lipinski definition) is 1. The molecule has 2 heterocycles. The summed E-state index contributed by atoms with van der Waals surface area (Å²) in [6, 6.07) is 15.0. The fourth-order valence-electron chi connectivity index (χ4n) is 3.43. The van der Waals surface area contributed by atoms with E-state index in [-0.39, 0.29) is 11.7 Å². The molecule has 0 radical (unpaired) electrons. The summed E-state index contributed by atoms with van der Waals surface area (Å²) in [6.07, 6.45) is 2.26. The van der Waals surface area contributed by atoms with Crippen molar-refractivity contribution in [3.05, 3.63) is 58.6 Å². The van der Waals surface area contributed by atoms with Gasteiger partial charge in [0.05, 0.1) is 22.7 Å². The average molecular weight is 453 g/mol. The topological polar surface area (TPSA) is 86.8 Å². The highest BCUT2D eigenvalue weighted by Gasteiger charge is 2.23. The number of aryl methyl sites for hydroxylation is 1. The minimum atomic E-state index is -0.245. The number of nitriles is 1. The molecule has 0 spiro atoms. The Kier molecular flexibility index (Phi) is 6.44. The Balaban J connectivity index is 1.54. The Morgan fingerprint density at radius 2 is 1.94 bits per heavy atom. The number of nitrogens with one attached hydrogen (secondary N) is 1. The van der Waals surface area contributed by atoms with Gasteiger partial charge in [0.1, 0.15) is 6.07 Å². The molecule has 0 aliphatic carbocycles. The van der Waals surface area contributed by atoms with Gasteiger partial charge in [-0.1, -0.05) is 41.1 Å². The number of thioether (sulfide) groups is 1. The molecule has 1 aliphatic heterocycles. The molecule has 3 aromatic rings. The van der Waals surface area contributed by atoms with E-state index in [1.807, 2.05) is 35.8 Å². The summed E-state index contributed by atoms with van der Waals surface area (Å²) in [6.45, 7) is 3.93. The molecule has 1 N–H and O–H groups in total.